The van der Waals surface area contributed by atoms with Crippen LogP contribution in [0.4, 0.5) is 5.69 Å². The van der Waals surface area contributed by atoms with Gasteiger partial charge < -0.3 is 5.32 Å². The molecule has 94 valence electrons. The third kappa shape index (κ3) is 2.95. The summed E-state index contributed by atoms with van der Waals surface area (Å²) in [5.74, 6) is -0.236. The molecule has 0 saturated heterocycles. The van der Waals surface area contributed by atoms with Crippen LogP contribution in [0.2, 0.25) is 0 Å². The Morgan fingerprint density at radius 2 is 1.83 bits per heavy atom. The number of nitrogens with two attached hydrogens (primary N) is 1. The number of rotatable bonds is 3. The van der Waals surface area contributed by atoms with E-state index in [4.69, 9.17) is 5.14 Å². The Morgan fingerprint density at radius 1 is 1.17 bits per heavy atom. The molecule has 0 bridgehead atoms. The van der Waals surface area contributed by atoms with Crippen LogP contribution in [0.5, 0.6) is 0 Å². The maximum Gasteiger partial charge on any atom is 0.256 e. The molecule has 7 heteroatoms. The lowest BCUT2D eigenvalue weighted by Gasteiger charge is -2.04. The van der Waals surface area contributed by atoms with Gasteiger partial charge in [-0.2, -0.15) is 11.3 Å². The summed E-state index contributed by atoms with van der Waals surface area (Å²) in [7, 11) is -3.70. The zero-order chi connectivity index (χ0) is 13.2. The molecule has 18 heavy (non-hydrogen) atoms. The van der Waals surface area contributed by atoms with Crippen LogP contribution >= 0.6 is 11.3 Å². The van der Waals surface area contributed by atoms with Crippen LogP contribution in [0, 0.1) is 0 Å². The summed E-state index contributed by atoms with van der Waals surface area (Å²) in [6, 6.07) is 7.38. The number of thiophene rings is 1. The van der Waals surface area contributed by atoms with Crippen molar-refractivity contribution in [3.05, 3.63) is 46.7 Å². The van der Waals surface area contributed by atoms with Gasteiger partial charge in [-0.25, -0.2) is 13.6 Å². The summed E-state index contributed by atoms with van der Waals surface area (Å²) in [4.78, 5) is 11.7. The lowest BCUT2D eigenvalue weighted by molar-refractivity contribution is 0.102. The highest BCUT2D eigenvalue weighted by Crippen LogP contribution is 2.14. The summed E-state index contributed by atoms with van der Waals surface area (Å²) in [5.41, 5.74) is 1.08. The molecule has 0 radical (unpaired) electrons. The molecular weight excluding hydrogens is 272 g/mol. The summed E-state index contributed by atoms with van der Waals surface area (Å²) in [5, 5.41) is 11.2. The molecule has 0 aliphatic carbocycles. The van der Waals surface area contributed by atoms with Crippen molar-refractivity contribution in [2.75, 3.05) is 5.32 Å². The molecule has 0 aliphatic rings. The van der Waals surface area contributed by atoms with Gasteiger partial charge in [0.05, 0.1) is 10.5 Å². The highest BCUT2D eigenvalue weighted by atomic mass is 32.2. The summed E-state index contributed by atoms with van der Waals surface area (Å²) in [6.45, 7) is 0. The maximum absolute atomic E-state index is 11.7. The lowest BCUT2D eigenvalue weighted by Crippen LogP contribution is -2.13. The molecule has 5 nitrogen and oxygen atoms in total. The quantitative estimate of drug-likeness (QED) is 0.897. The molecule has 0 saturated carbocycles. The molecule has 2 aromatic rings. The number of nitrogens with one attached hydrogen (secondary N) is 1. The van der Waals surface area contributed by atoms with Gasteiger partial charge in [-0.3, -0.25) is 4.79 Å². The largest absolute Gasteiger partial charge is 0.322 e. The van der Waals surface area contributed by atoms with Crippen molar-refractivity contribution in [3.63, 3.8) is 0 Å². The first-order valence-electron chi connectivity index (χ1n) is 4.93. The van der Waals surface area contributed by atoms with E-state index >= 15 is 0 Å². The van der Waals surface area contributed by atoms with Gasteiger partial charge in [0.2, 0.25) is 10.0 Å². The summed E-state index contributed by atoms with van der Waals surface area (Å²) < 4.78 is 22.1. The topological polar surface area (TPSA) is 89.3 Å². The van der Waals surface area contributed by atoms with Gasteiger partial charge in [0, 0.05) is 11.1 Å². The van der Waals surface area contributed by atoms with E-state index in [2.05, 4.69) is 5.32 Å². The monoisotopic (exact) mass is 282 g/mol. The number of anilines is 1. The number of sulfonamides is 1. The Bertz CT molecular complexity index is 646. The predicted molar refractivity (Wildman–Crippen MR) is 70.1 cm³/mol. The van der Waals surface area contributed by atoms with Crippen molar-refractivity contribution in [1.82, 2.24) is 0 Å². The summed E-state index contributed by atoms with van der Waals surface area (Å²) >= 11 is 1.43. The number of carbonyl (C=O) groups is 1. The van der Waals surface area contributed by atoms with E-state index < -0.39 is 10.0 Å². The average Bonchev–Trinajstić information content (AvgIpc) is 2.82. The van der Waals surface area contributed by atoms with Crippen molar-refractivity contribution < 1.29 is 13.2 Å². The van der Waals surface area contributed by atoms with Crippen LogP contribution in [-0.4, -0.2) is 14.3 Å². The molecule has 1 aromatic heterocycles. The lowest BCUT2D eigenvalue weighted by atomic mass is 10.3. The van der Waals surface area contributed by atoms with E-state index in [9.17, 15) is 13.2 Å². The van der Waals surface area contributed by atoms with E-state index in [0.717, 1.165) is 0 Å². The normalized spacial score (nSPS) is 11.2. The average molecular weight is 282 g/mol. The Hall–Kier alpha value is -1.70. The Labute approximate surface area is 108 Å². The second-order valence-electron chi connectivity index (χ2n) is 3.54. The van der Waals surface area contributed by atoms with E-state index in [-0.39, 0.29) is 10.8 Å². The number of carbonyl (C=O) groups excluding carboxylic acids is 1. The highest BCUT2D eigenvalue weighted by Gasteiger charge is 2.09. The Kier molecular flexibility index (Phi) is 3.46. The van der Waals surface area contributed by atoms with Crippen LogP contribution in [0.15, 0.2) is 46.0 Å². The minimum Gasteiger partial charge on any atom is -0.322 e. The van der Waals surface area contributed by atoms with Crippen LogP contribution in [0.25, 0.3) is 0 Å². The van der Waals surface area contributed by atoms with Gasteiger partial charge in [0.25, 0.3) is 5.91 Å². The standard InChI is InChI=1S/C11H10N2O3S2/c12-18(15,16)10-3-1-9(2-4-10)13-11(14)8-5-6-17-7-8/h1-7H,(H,13,14)(H2,12,15,16). The fourth-order valence-corrected chi connectivity index (χ4v) is 2.48. The van der Waals surface area contributed by atoms with Gasteiger partial charge in [0.1, 0.15) is 0 Å². The zero-order valence-corrected chi connectivity index (χ0v) is 10.8. The third-order valence-corrected chi connectivity index (χ3v) is 3.84. The molecule has 1 aromatic carbocycles. The van der Waals surface area contributed by atoms with E-state index in [1.807, 2.05) is 0 Å². The van der Waals surface area contributed by atoms with Crippen LogP contribution < -0.4 is 10.5 Å². The molecule has 1 amide bonds. The SMILES string of the molecule is NS(=O)(=O)c1ccc(NC(=O)c2ccsc2)cc1. The number of hydrogen-bond donors (Lipinski definition) is 2. The number of hydrogen-bond acceptors (Lipinski definition) is 4. The highest BCUT2D eigenvalue weighted by molar-refractivity contribution is 7.89. The molecule has 2 rings (SSSR count). The molecule has 1 heterocycles. The molecule has 0 spiro atoms. The van der Waals surface area contributed by atoms with Crippen molar-refractivity contribution in [2.45, 2.75) is 4.90 Å². The smallest absolute Gasteiger partial charge is 0.256 e. The molecule has 0 aliphatic heterocycles. The van der Waals surface area contributed by atoms with Gasteiger partial charge in [0.15, 0.2) is 0 Å². The van der Waals surface area contributed by atoms with Crippen molar-refractivity contribution in [2.24, 2.45) is 5.14 Å². The minimum absolute atomic E-state index is 0.0102. The van der Waals surface area contributed by atoms with Crippen LogP contribution in [-0.2, 0) is 10.0 Å². The molecule has 3 N–H and O–H groups in total. The van der Waals surface area contributed by atoms with Gasteiger partial charge in [-0.05, 0) is 35.7 Å². The maximum atomic E-state index is 11.7. The predicted octanol–water partition coefficient (Wildman–Crippen LogP) is 1.65. The van der Waals surface area contributed by atoms with E-state index in [1.165, 1.54) is 35.6 Å². The van der Waals surface area contributed by atoms with Crippen LogP contribution in [0.1, 0.15) is 10.4 Å². The fraction of sp³-hybridized carbons (Fsp3) is 0. The van der Waals surface area contributed by atoms with Crippen molar-refractivity contribution in [1.29, 1.82) is 0 Å². The second kappa shape index (κ2) is 4.89. The van der Waals surface area contributed by atoms with Gasteiger partial charge in [-0.15, -0.1) is 0 Å². The molecular formula is C11H10N2O3S2. The van der Waals surface area contributed by atoms with Crippen molar-refractivity contribution in [3.8, 4) is 0 Å². The number of primary sulfonamides is 1. The molecule has 0 fully saturated rings. The Balaban J connectivity index is 2.14. The van der Waals surface area contributed by atoms with Gasteiger partial charge in [-0.1, -0.05) is 0 Å². The molecule has 0 unspecified atom stereocenters. The molecule has 0 atom stereocenters. The first kappa shape index (κ1) is 12.7. The number of benzene rings is 1. The first-order chi connectivity index (χ1) is 8.47. The van der Waals surface area contributed by atoms with E-state index in [0.29, 0.717) is 11.3 Å². The van der Waals surface area contributed by atoms with Gasteiger partial charge >= 0.3 is 0 Å². The number of amides is 1. The Morgan fingerprint density at radius 3 is 2.33 bits per heavy atom. The fourth-order valence-electron chi connectivity index (χ4n) is 1.32. The zero-order valence-electron chi connectivity index (χ0n) is 9.16. The van der Waals surface area contributed by atoms with Crippen LogP contribution in [0.3, 0.4) is 0 Å². The first-order valence-corrected chi connectivity index (χ1v) is 7.42. The third-order valence-electron chi connectivity index (χ3n) is 2.22. The van der Waals surface area contributed by atoms with Crippen molar-refractivity contribution >= 4 is 33.0 Å². The minimum atomic E-state index is -3.70. The summed E-state index contributed by atoms with van der Waals surface area (Å²) in [6.07, 6.45) is 0. The second-order valence-corrected chi connectivity index (χ2v) is 5.88. The van der Waals surface area contributed by atoms with E-state index in [1.54, 1.807) is 16.8 Å².